The number of hydrogen-bond acceptors (Lipinski definition) is 6. The summed E-state index contributed by atoms with van der Waals surface area (Å²) in [4.78, 5) is 24.9. The second-order valence-corrected chi connectivity index (χ2v) is 6.30. The first-order valence-corrected chi connectivity index (χ1v) is 8.71. The molecule has 0 spiro atoms. The Bertz CT molecular complexity index is 1320. The van der Waals surface area contributed by atoms with Crippen molar-refractivity contribution in [2.45, 2.75) is 0 Å². The minimum Gasteiger partial charge on any atom is -0.507 e. The summed E-state index contributed by atoms with van der Waals surface area (Å²) in [6.07, 6.45) is 2.46. The lowest BCUT2D eigenvalue weighted by Gasteiger charge is -2.05. The minimum atomic E-state index is -0.598. The molecule has 0 unspecified atom stereocenters. The maximum absolute atomic E-state index is 12.5. The molecule has 0 aliphatic rings. The van der Waals surface area contributed by atoms with Gasteiger partial charge in [0.1, 0.15) is 23.3 Å². The number of phenols is 1. The van der Waals surface area contributed by atoms with Gasteiger partial charge in [-0.2, -0.15) is 5.10 Å². The maximum Gasteiger partial charge on any atom is 0.275 e. The molecule has 29 heavy (non-hydrogen) atoms. The van der Waals surface area contributed by atoms with Gasteiger partial charge in [-0.25, -0.2) is 5.43 Å². The van der Waals surface area contributed by atoms with Crippen molar-refractivity contribution in [3.8, 4) is 11.5 Å². The van der Waals surface area contributed by atoms with Crippen LogP contribution in [0.4, 0.5) is 0 Å². The lowest BCUT2D eigenvalue weighted by molar-refractivity contribution is 0.0952. The van der Waals surface area contributed by atoms with Crippen LogP contribution in [0.25, 0.3) is 21.7 Å². The lowest BCUT2D eigenvalue weighted by Crippen LogP contribution is -2.18. The molecular weight excluding hydrogens is 372 g/mol. The summed E-state index contributed by atoms with van der Waals surface area (Å²) in [5, 5.41) is 15.9. The number of nitrogens with one attached hydrogen (secondary N) is 1. The number of methoxy groups -OCH3 is 1. The molecule has 0 radical (unpaired) electrons. The number of hydrazone groups is 1. The summed E-state index contributed by atoms with van der Waals surface area (Å²) in [6, 6.07) is 15.3. The van der Waals surface area contributed by atoms with E-state index in [-0.39, 0.29) is 22.3 Å². The first kappa shape index (κ1) is 18.2. The fraction of sp³-hybridized carbons (Fsp3) is 0.0455. The van der Waals surface area contributed by atoms with Crippen molar-refractivity contribution in [1.82, 2.24) is 5.43 Å². The van der Waals surface area contributed by atoms with Crippen molar-refractivity contribution in [3.63, 3.8) is 0 Å². The van der Waals surface area contributed by atoms with E-state index < -0.39 is 5.91 Å². The highest BCUT2D eigenvalue weighted by Gasteiger charge is 2.12. The van der Waals surface area contributed by atoms with E-state index in [1.807, 2.05) is 24.3 Å². The molecule has 144 valence electrons. The fourth-order valence-electron chi connectivity index (χ4n) is 2.97. The molecule has 7 heteroatoms. The molecule has 1 amide bonds. The van der Waals surface area contributed by atoms with Gasteiger partial charge in [0, 0.05) is 6.07 Å². The SMILES string of the molecule is COc1ccc2c(=O)c(/C=N/NC(=O)c3cc4ccccc4cc3O)coc2c1. The third-order valence-corrected chi connectivity index (χ3v) is 4.49. The van der Waals surface area contributed by atoms with Crippen LogP contribution >= 0.6 is 0 Å². The number of aromatic hydroxyl groups is 1. The average molecular weight is 388 g/mol. The Morgan fingerprint density at radius 3 is 2.66 bits per heavy atom. The van der Waals surface area contributed by atoms with Gasteiger partial charge in [0.25, 0.3) is 5.91 Å². The van der Waals surface area contributed by atoms with Gasteiger partial charge in [-0.15, -0.1) is 0 Å². The Morgan fingerprint density at radius 1 is 1.14 bits per heavy atom. The van der Waals surface area contributed by atoms with E-state index in [1.54, 1.807) is 24.3 Å². The van der Waals surface area contributed by atoms with Crippen molar-refractivity contribution in [2.75, 3.05) is 7.11 Å². The Balaban J connectivity index is 1.57. The van der Waals surface area contributed by atoms with E-state index in [0.717, 1.165) is 10.8 Å². The molecule has 7 nitrogen and oxygen atoms in total. The number of phenolic OH excluding ortho intramolecular Hbond substituents is 1. The smallest absolute Gasteiger partial charge is 0.275 e. The standard InChI is InChI=1S/C22H16N2O5/c1-28-16-6-7-17-20(10-16)29-12-15(21(17)26)11-23-24-22(27)18-8-13-4-2-3-5-14(13)9-19(18)25/h2-12,25H,1H3,(H,24,27)/b23-11+. The van der Waals surface area contributed by atoms with Gasteiger partial charge in [-0.05, 0) is 35.0 Å². The Labute approximate surface area is 164 Å². The highest BCUT2D eigenvalue weighted by molar-refractivity contribution is 6.01. The molecule has 1 aromatic heterocycles. The number of carbonyl (C=O) groups is 1. The van der Waals surface area contributed by atoms with Gasteiger partial charge < -0.3 is 14.3 Å². The van der Waals surface area contributed by atoms with Gasteiger partial charge in [0.2, 0.25) is 5.43 Å². The molecule has 0 saturated heterocycles. The first-order valence-electron chi connectivity index (χ1n) is 8.71. The number of hydrogen-bond donors (Lipinski definition) is 2. The van der Waals surface area contributed by atoms with Crippen molar-refractivity contribution < 1.29 is 19.1 Å². The fourth-order valence-corrected chi connectivity index (χ4v) is 2.97. The predicted octanol–water partition coefficient (Wildman–Crippen LogP) is 3.42. The minimum absolute atomic E-state index is 0.0819. The number of carbonyl (C=O) groups excluding carboxylic acids is 1. The summed E-state index contributed by atoms with van der Waals surface area (Å²) in [5.41, 5.74) is 2.66. The van der Waals surface area contributed by atoms with Crippen LogP contribution in [0.15, 0.2) is 75.2 Å². The molecule has 0 bridgehead atoms. The maximum atomic E-state index is 12.5. The third-order valence-electron chi connectivity index (χ3n) is 4.49. The highest BCUT2D eigenvalue weighted by atomic mass is 16.5. The summed E-state index contributed by atoms with van der Waals surface area (Å²) in [7, 11) is 1.52. The van der Waals surface area contributed by atoms with Crippen LogP contribution in [0.5, 0.6) is 11.5 Å². The molecule has 2 N–H and O–H groups in total. The van der Waals surface area contributed by atoms with Gasteiger partial charge >= 0.3 is 0 Å². The molecule has 0 aliphatic heterocycles. The number of ether oxygens (including phenoxy) is 1. The molecule has 4 rings (SSSR count). The quantitative estimate of drug-likeness (QED) is 0.412. The zero-order valence-electron chi connectivity index (χ0n) is 15.4. The zero-order chi connectivity index (χ0) is 20.4. The Morgan fingerprint density at radius 2 is 1.90 bits per heavy atom. The first-order chi connectivity index (χ1) is 14.1. The summed E-state index contributed by atoms with van der Waals surface area (Å²) < 4.78 is 10.6. The molecule has 0 fully saturated rings. The topological polar surface area (TPSA) is 101 Å². The molecule has 4 aromatic rings. The molecular formula is C22H16N2O5. The number of nitrogens with zero attached hydrogens (tertiary/aromatic N) is 1. The number of fused-ring (bicyclic) bond motifs is 2. The molecule has 0 atom stereocenters. The number of amides is 1. The number of benzene rings is 3. The van der Waals surface area contributed by atoms with E-state index in [4.69, 9.17) is 9.15 Å². The average Bonchev–Trinajstić information content (AvgIpc) is 2.74. The molecule has 0 saturated carbocycles. The van der Waals surface area contributed by atoms with Gasteiger partial charge in [0.05, 0.1) is 29.8 Å². The van der Waals surface area contributed by atoms with Gasteiger partial charge in [-0.1, -0.05) is 24.3 Å². The van der Waals surface area contributed by atoms with E-state index in [2.05, 4.69) is 10.5 Å². The Kier molecular flexibility index (Phi) is 4.70. The zero-order valence-corrected chi connectivity index (χ0v) is 15.4. The Hall–Kier alpha value is -4.13. The van der Waals surface area contributed by atoms with Crippen LogP contribution in [0.1, 0.15) is 15.9 Å². The van der Waals surface area contributed by atoms with Crippen LogP contribution in [-0.4, -0.2) is 24.3 Å². The van der Waals surface area contributed by atoms with Crippen molar-refractivity contribution in [3.05, 3.63) is 82.2 Å². The van der Waals surface area contributed by atoms with Crippen molar-refractivity contribution in [2.24, 2.45) is 5.10 Å². The van der Waals surface area contributed by atoms with Crippen LogP contribution < -0.4 is 15.6 Å². The third kappa shape index (κ3) is 3.53. The summed E-state index contributed by atoms with van der Waals surface area (Å²) >= 11 is 0. The molecule has 1 heterocycles. The normalized spacial score (nSPS) is 11.2. The van der Waals surface area contributed by atoms with Crippen LogP contribution in [0.3, 0.4) is 0 Å². The van der Waals surface area contributed by atoms with Crippen LogP contribution in [0, 0.1) is 0 Å². The predicted molar refractivity (Wildman–Crippen MR) is 110 cm³/mol. The second kappa shape index (κ2) is 7.47. The second-order valence-electron chi connectivity index (χ2n) is 6.30. The summed E-state index contributed by atoms with van der Waals surface area (Å²) in [6.45, 7) is 0. The van der Waals surface area contributed by atoms with E-state index in [1.165, 1.54) is 25.7 Å². The number of rotatable bonds is 4. The largest absolute Gasteiger partial charge is 0.507 e. The molecule has 3 aromatic carbocycles. The van der Waals surface area contributed by atoms with Crippen LogP contribution in [0.2, 0.25) is 0 Å². The van der Waals surface area contributed by atoms with Gasteiger partial charge in [0.15, 0.2) is 0 Å². The van der Waals surface area contributed by atoms with E-state index >= 15 is 0 Å². The lowest BCUT2D eigenvalue weighted by atomic mass is 10.1. The van der Waals surface area contributed by atoms with Gasteiger partial charge in [-0.3, -0.25) is 9.59 Å². The molecule has 0 aliphatic carbocycles. The van der Waals surface area contributed by atoms with Crippen molar-refractivity contribution >= 4 is 33.9 Å². The van der Waals surface area contributed by atoms with E-state index in [0.29, 0.717) is 16.7 Å². The van der Waals surface area contributed by atoms with Crippen molar-refractivity contribution in [1.29, 1.82) is 0 Å². The van der Waals surface area contributed by atoms with Crippen LogP contribution in [-0.2, 0) is 0 Å². The summed E-state index contributed by atoms with van der Waals surface area (Å²) in [5.74, 6) is -0.181. The highest BCUT2D eigenvalue weighted by Crippen LogP contribution is 2.25. The monoisotopic (exact) mass is 388 g/mol. The van der Waals surface area contributed by atoms with E-state index in [9.17, 15) is 14.7 Å².